The maximum Gasteiger partial charge on any atom is 0.120 e. The van der Waals surface area contributed by atoms with Crippen molar-refractivity contribution in [2.75, 3.05) is 19.0 Å². The number of aldehydes is 1. The number of carbonyl (C=O) groups excluding carboxylic acids is 1. The highest BCUT2D eigenvalue weighted by Gasteiger charge is 2.07. The molecule has 0 bridgehead atoms. The Hall–Kier alpha value is -1.02. The quantitative estimate of drug-likeness (QED) is 0.714. The molecule has 2 nitrogen and oxygen atoms in total. The summed E-state index contributed by atoms with van der Waals surface area (Å²) in [7, 11) is 3.94. The number of nitrogens with zero attached hydrogens (tertiary/aromatic N) is 1. The summed E-state index contributed by atoms with van der Waals surface area (Å²) in [5, 5.41) is 0.734. The Morgan fingerprint density at radius 3 is 2.71 bits per heavy atom. The van der Waals surface area contributed by atoms with E-state index in [1.165, 1.54) is 0 Å². The van der Waals surface area contributed by atoms with Crippen LogP contribution in [0.25, 0.3) is 0 Å². The van der Waals surface area contributed by atoms with Crippen molar-refractivity contribution < 1.29 is 4.79 Å². The monoisotopic (exact) mass is 211 g/mol. The van der Waals surface area contributed by atoms with E-state index < -0.39 is 0 Å². The van der Waals surface area contributed by atoms with Gasteiger partial charge in [-0.3, -0.25) is 0 Å². The Morgan fingerprint density at radius 1 is 1.43 bits per heavy atom. The van der Waals surface area contributed by atoms with Crippen LogP contribution >= 0.6 is 11.6 Å². The van der Waals surface area contributed by atoms with Crippen molar-refractivity contribution >= 4 is 23.6 Å². The van der Waals surface area contributed by atoms with Crippen molar-refractivity contribution in [2.24, 2.45) is 0 Å². The minimum Gasteiger partial charge on any atom is -0.377 e. The highest BCUT2D eigenvalue weighted by molar-refractivity contribution is 6.31. The lowest BCUT2D eigenvalue weighted by Gasteiger charge is -2.17. The third kappa shape index (κ3) is 2.48. The second-order valence-corrected chi connectivity index (χ2v) is 3.74. The van der Waals surface area contributed by atoms with Gasteiger partial charge in [0.05, 0.1) is 0 Å². The second-order valence-electron chi connectivity index (χ2n) is 3.34. The van der Waals surface area contributed by atoms with Crippen LogP contribution in [0.3, 0.4) is 0 Å². The van der Waals surface area contributed by atoms with Gasteiger partial charge in [-0.15, -0.1) is 0 Å². The van der Waals surface area contributed by atoms with E-state index in [1.807, 2.05) is 37.2 Å². The van der Waals surface area contributed by atoms with Gasteiger partial charge in [-0.1, -0.05) is 17.7 Å². The fraction of sp³-hybridized carbons (Fsp3) is 0.364. The largest absolute Gasteiger partial charge is 0.377 e. The van der Waals surface area contributed by atoms with Crippen molar-refractivity contribution in [1.29, 1.82) is 0 Å². The molecule has 1 rings (SSSR count). The summed E-state index contributed by atoms with van der Waals surface area (Å²) in [6.45, 7) is 0. The molecule has 0 atom stereocenters. The maximum atomic E-state index is 10.3. The Bertz CT molecular complexity index is 323. The van der Waals surface area contributed by atoms with Gasteiger partial charge in [0.25, 0.3) is 0 Å². The van der Waals surface area contributed by atoms with Gasteiger partial charge >= 0.3 is 0 Å². The Balaban J connectivity index is 3.02. The summed E-state index contributed by atoms with van der Waals surface area (Å²) in [5.41, 5.74) is 2.13. The highest BCUT2D eigenvalue weighted by Crippen LogP contribution is 2.27. The maximum absolute atomic E-state index is 10.3. The van der Waals surface area contributed by atoms with Crippen LogP contribution in [-0.4, -0.2) is 20.4 Å². The summed E-state index contributed by atoms with van der Waals surface area (Å²) in [6, 6.07) is 5.78. The fourth-order valence-corrected chi connectivity index (χ4v) is 1.68. The molecular formula is C11H14ClNO. The van der Waals surface area contributed by atoms with Crippen molar-refractivity contribution in [3.8, 4) is 0 Å². The van der Waals surface area contributed by atoms with Gasteiger partial charge in [0.15, 0.2) is 0 Å². The van der Waals surface area contributed by atoms with Crippen LogP contribution < -0.4 is 4.90 Å². The fourth-order valence-electron chi connectivity index (χ4n) is 1.42. The van der Waals surface area contributed by atoms with Gasteiger partial charge in [-0.2, -0.15) is 0 Å². The molecule has 0 amide bonds. The lowest BCUT2D eigenvalue weighted by atomic mass is 10.1. The Labute approximate surface area is 89.5 Å². The molecule has 3 heteroatoms. The van der Waals surface area contributed by atoms with Crippen LogP contribution in [0.1, 0.15) is 12.0 Å². The molecule has 0 aromatic heterocycles. The zero-order chi connectivity index (χ0) is 10.6. The standard InChI is InChI=1S/C11H14ClNO/c1-13(2)11-7-3-6-10(12)9(11)5-4-8-14/h3,6-8H,4-5H2,1-2H3. The van der Waals surface area contributed by atoms with E-state index in [0.29, 0.717) is 12.8 Å². The molecule has 76 valence electrons. The van der Waals surface area contributed by atoms with Crippen LogP contribution in [0.4, 0.5) is 5.69 Å². The molecule has 0 spiro atoms. The first-order chi connectivity index (χ1) is 6.66. The molecule has 0 saturated heterocycles. The van der Waals surface area contributed by atoms with Crippen molar-refractivity contribution in [2.45, 2.75) is 12.8 Å². The normalized spacial score (nSPS) is 9.93. The van der Waals surface area contributed by atoms with E-state index in [1.54, 1.807) is 0 Å². The van der Waals surface area contributed by atoms with E-state index >= 15 is 0 Å². The molecule has 0 aliphatic heterocycles. The molecule has 0 saturated carbocycles. The van der Waals surface area contributed by atoms with Crippen LogP contribution in [0.15, 0.2) is 18.2 Å². The lowest BCUT2D eigenvalue weighted by molar-refractivity contribution is -0.107. The first-order valence-electron chi connectivity index (χ1n) is 4.55. The summed E-state index contributed by atoms with van der Waals surface area (Å²) in [4.78, 5) is 12.3. The van der Waals surface area contributed by atoms with Crippen molar-refractivity contribution in [1.82, 2.24) is 0 Å². The van der Waals surface area contributed by atoms with Gasteiger partial charge in [0, 0.05) is 31.2 Å². The van der Waals surface area contributed by atoms with Gasteiger partial charge in [0.1, 0.15) is 6.29 Å². The van der Waals surface area contributed by atoms with E-state index in [2.05, 4.69) is 0 Å². The predicted octanol–water partition coefficient (Wildman–Crippen LogP) is 2.54. The van der Waals surface area contributed by atoms with Gasteiger partial charge in [0.2, 0.25) is 0 Å². The molecule has 0 radical (unpaired) electrons. The first-order valence-corrected chi connectivity index (χ1v) is 4.93. The zero-order valence-corrected chi connectivity index (χ0v) is 9.21. The zero-order valence-electron chi connectivity index (χ0n) is 8.46. The molecule has 0 unspecified atom stereocenters. The predicted molar refractivity (Wildman–Crippen MR) is 60.2 cm³/mol. The highest BCUT2D eigenvalue weighted by atomic mass is 35.5. The van der Waals surface area contributed by atoms with E-state index in [0.717, 1.165) is 22.6 Å². The topological polar surface area (TPSA) is 20.3 Å². The van der Waals surface area contributed by atoms with E-state index in [9.17, 15) is 4.79 Å². The average molecular weight is 212 g/mol. The smallest absolute Gasteiger partial charge is 0.120 e. The van der Waals surface area contributed by atoms with Gasteiger partial charge in [-0.05, 0) is 24.1 Å². The average Bonchev–Trinajstić information content (AvgIpc) is 2.15. The summed E-state index contributed by atoms with van der Waals surface area (Å²) in [5.74, 6) is 0. The number of halogens is 1. The molecule has 0 N–H and O–H groups in total. The van der Waals surface area contributed by atoms with Gasteiger partial charge < -0.3 is 9.69 Å². The minimum atomic E-state index is 0.518. The van der Waals surface area contributed by atoms with Crippen molar-refractivity contribution in [3.05, 3.63) is 28.8 Å². The molecule has 0 aliphatic carbocycles. The van der Waals surface area contributed by atoms with E-state index in [4.69, 9.17) is 11.6 Å². The Kier molecular flexibility index (Phi) is 3.96. The van der Waals surface area contributed by atoms with Gasteiger partial charge in [-0.25, -0.2) is 0 Å². The molecular weight excluding hydrogens is 198 g/mol. The summed E-state index contributed by atoms with van der Waals surface area (Å²) >= 11 is 6.07. The molecule has 0 heterocycles. The lowest BCUT2D eigenvalue weighted by Crippen LogP contribution is -2.11. The van der Waals surface area contributed by atoms with Crippen LogP contribution in [0.5, 0.6) is 0 Å². The number of rotatable bonds is 4. The number of benzene rings is 1. The third-order valence-corrected chi connectivity index (χ3v) is 2.44. The molecule has 14 heavy (non-hydrogen) atoms. The summed E-state index contributed by atoms with van der Waals surface area (Å²) in [6.07, 6.45) is 2.14. The molecule has 0 fully saturated rings. The number of anilines is 1. The Morgan fingerprint density at radius 2 is 2.14 bits per heavy atom. The second kappa shape index (κ2) is 5.01. The minimum absolute atomic E-state index is 0.518. The number of hydrogen-bond donors (Lipinski definition) is 0. The SMILES string of the molecule is CN(C)c1cccc(Cl)c1CCC=O. The van der Waals surface area contributed by atoms with Crippen LogP contribution in [0, 0.1) is 0 Å². The number of hydrogen-bond acceptors (Lipinski definition) is 2. The molecule has 1 aromatic carbocycles. The summed E-state index contributed by atoms with van der Waals surface area (Å²) < 4.78 is 0. The van der Waals surface area contributed by atoms with E-state index in [-0.39, 0.29) is 0 Å². The molecule has 0 aliphatic rings. The number of carbonyl (C=O) groups is 1. The van der Waals surface area contributed by atoms with Crippen molar-refractivity contribution in [3.63, 3.8) is 0 Å². The third-order valence-electron chi connectivity index (χ3n) is 2.09. The van der Waals surface area contributed by atoms with Crippen LogP contribution in [0.2, 0.25) is 5.02 Å². The first kappa shape index (κ1) is 11.1. The molecule has 1 aromatic rings. The van der Waals surface area contributed by atoms with Crippen LogP contribution in [-0.2, 0) is 11.2 Å².